The maximum atomic E-state index is 12.1. The van der Waals surface area contributed by atoms with Crippen molar-refractivity contribution in [3.8, 4) is 0 Å². The molecule has 1 heterocycles. The fraction of sp³-hybridized carbons (Fsp3) is 0.429. The Bertz CT molecular complexity index is 507. The van der Waals surface area contributed by atoms with Gasteiger partial charge in [-0.1, -0.05) is 12.1 Å². The van der Waals surface area contributed by atoms with Crippen LogP contribution in [0.1, 0.15) is 6.42 Å². The van der Waals surface area contributed by atoms with Gasteiger partial charge >= 0.3 is 0 Å². The Labute approximate surface area is 123 Å². The van der Waals surface area contributed by atoms with Crippen molar-refractivity contribution in [2.24, 2.45) is 0 Å². The fourth-order valence-electron chi connectivity index (χ4n) is 1.95. The normalized spacial score (nSPS) is 17.3. The van der Waals surface area contributed by atoms with Gasteiger partial charge in [-0.3, -0.25) is 9.59 Å². The van der Waals surface area contributed by atoms with Gasteiger partial charge in [0.15, 0.2) is 0 Å². The molecule has 2 rings (SSSR count). The molecule has 1 aromatic rings. The van der Waals surface area contributed by atoms with Crippen LogP contribution in [0.15, 0.2) is 29.2 Å². The number of rotatable bonds is 5. The molecule has 2 amide bonds. The maximum absolute atomic E-state index is 12.1. The Morgan fingerprint density at radius 3 is 2.95 bits per heavy atom. The zero-order valence-electron chi connectivity index (χ0n) is 11.7. The average molecular weight is 293 g/mol. The first-order valence-corrected chi connectivity index (χ1v) is 7.45. The number of thioether (sulfide) groups is 1. The monoisotopic (exact) mass is 293 g/mol. The van der Waals surface area contributed by atoms with E-state index in [-0.39, 0.29) is 23.5 Å². The van der Waals surface area contributed by atoms with Crippen LogP contribution in [0.4, 0.5) is 5.69 Å². The summed E-state index contributed by atoms with van der Waals surface area (Å²) in [5.74, 6) is -0.101. The van der Waals surface area contributed by atoms with Crippen LogP contribution in [-0.2, 0) is 9.59 Å². The van der Waals surface area contributed by atoms with Crippen molar-refractivity contribution in [2.45, 2.75) is 16.6 Å². The molecule has 0 bridgehead atoms. The van der Waals surface area contributed by atoms with Gasteiger partial charge in [-0.2, -0.15) is 0 Å². The standard InChI is InChI=1S/C14H19N3O2S/c1-15-7-8-17(2)13(18)9-12-14(19)16-10-5-3-4-6-11(10)20-12/h3-6,12,15H,7-9H2,1-2H3,(H,16,19). The molecule has 6 heteroatoms. The predicted molar refractivity (Wildman–Crippen MR) is 80.9 cm³/mol. The molecule has 0 aliphatic carbocycles. The summed E-state index contributed by atoms with van der Waals surface area (Å²) in [6, 6.07) is 7.65. The second-order valence-corrected chi connectivity index (χ2v) is 5.96. The summed E-state index contributed by atoms with van der Waals surface area (Å²) in [6.07, 6.45) is 0.227. The number of likely N-dealkylation sites (N-methyl/N-ethyl adjacent to an activating group) is 2. The smallest absolute Gasteiger partial charge is 0.238 e. The number of nitrogens with zero attached hydrogens (tertiary/aromatic N) is 1. The first-order chi connectivity index (χ1) is 9.61. The molecule has 5 nitrogen and oxygen atoms in total. The van der Waals surface area contributed by atoms with E-state index in [0.29, 0.717) is 6.54 Å². The Morgan fingerprint density at radius 2 is 2.20 bits per heavy atom. The lowest BCUT2D eigenvalue weighted by Gasteiger charge is -2.25. The van der Waals surface area contributed by atoms with Crippen LogP contribution >= 0.6 is 11.8 Å². The summed E-state index contributed by atoms with van der Waals surface area (Å²) >= 11 is 1.46. The van der Waals surface area contributed by atoms with Crippen molar-refractivity contribution in [1.82, 2.24) is 10.2 Å². The second kappa shape index (κ2) is 6.76. The molecule has 0 spiro atoms. The molecular weight excluding hydrogens is 274 g/mol. The first kappa shape index (κ1) is 14.9. The van der Waals surface area contributed by atoms with Gasteiger partial charge in [0, 0.05) is 31.5 Å². The minimum atomic E-state index is -0.352. The molecular formula is C14H19N3O2S. The zero-order chi connectivity index (χ0) is 14.5. The number of anilines is 1. The summed E-state index contributed by atoms with van der Waals surface area (Å²) < 4.78 is 0. The lowest BCUT2D eigenvalue weighted by atomic mass is 10.2. The number of hydrogen-bond donors (Lipinski definition) is 2. The van der Waals surface area contributed by atoms with E-state index in [1.165, 1.54) is 11.8 Å². The molecule has 0 radical (unpaired) electrons. The van der Waals surface area contributed by atoms with Crippen LogP contribution < -0.4 is 10.6 Å². The number of fused-ring (bicyclic) bond motifs is 1. The van der Waals surface area contributed by atoms with Gasteiger partial charge in [-0.25, -0.2) is 0 Å². The van der Waals surface area contributed by atoms with E-state index < -0.39 is 0 Å². The number of carbonyl (C=O) groups excluding carboxylic acids is 2. The third-order valence-electron chi connectivity index (χ3n) is 3.19. The molecule has 1 aromatic carbocycles. The molecule has 20 heavy (non-hydrogen) atoms. The summed E-state index contributed by atoms with van der Waals surface area (Å²) in [5.41, 5.74) is 0.828. The second-order valence-electron chi connectivity index (χ2n) is 4.71. The minimum absolute atomic E-state index is 0.00715. The fourth-order valence-corrected chi connectivity index (χ4v) is 3.05. The Hall–Kier alpha value is -1.53. The van der Waals surface area contributed by atoms with Crippen LogP contribution in [0.5, 0.6) is 0 Å². The molecule has 1 atom stereocenters. The molecule has 2 N–H and O–H groups in total. The Morgan fingerprint density at radius 1 is 1.45 bits per heavy atom. The van der Waals surface area contributed by atoms with Gasteiger partial charge in [0.1, 0.15) is 0 Å². The largest absolute Gasteiger partial charge is 0.344 e. The van der Waals surface area contributed by atoms with Gasteiger partial charge in [0.2, 0.25) is 11.8 Å². The summed E-state index contributed by atoms with van der Waals surface area (Å²) in [4.78, 5) is 26.8. The van der Waals surface area contributed by atoms with E-state index in [0.717, 1.165) is 17.1 Å². The molecule has 0 saturated carbocycles. The third-order valence-corrected chi connectivity index (χ3v) is 4.46. The topological polar surface area (TPSA) is 61.4 Å². The van der Waals surface area contributed by atoms with Gasteiger partial charge in [-0.05, 0) is 19.2 Å². The van der Waals surface area contributed by atoms with Gasteiger partial charge in [-0.15, -0.1) is 11.8 Å². The molecule has 1 aliphatic heterocycles. The highest BCUT2D eigenvalue weighted by Crippen LogP contribution is 2.36. The average Bonchev–Trinajstić information content (AvgIpc) is 2.45. The van der Waals surface area contributed by atoms with Crippen LogP contribution in [0.25, 0.3) is 0 Å². The zero-order valence-corrected chi connectivity index (χ0v) is 12.5. The van der Waals surface area contributed by atoms with Crippen LogP contribution in [-0.4, -0.2) is 49.1 Å². The molecule has 1 unspecified atom stereocenters. The minimum Gasteiger partial charge on any atom is -0.344 e. The van der Waals surface area contributed by atoms with Crippen molar-refractivity contribution >= 4 is 29.3 Å². The maximum Gasteiger partial charge on any atom is 0.238 e. The quantitative estimate of drug-likeness (QED) is 0.855. The Balaban J connectivity index is 1.97. The molecule has 1 aliphatic rings. The molecule has 108 valence electrons. The highest BCUT2D eigenvalue weighted by Gasteiger charge is 2.29. The molecule has 0 fully saturated rings. The Kier molecular flexibility index (Phi) is 5.03. The van der Waals surface area contributed by atoms with E-state index in [4.69, 9.17) is 0 Å². The van der Waals surface area contributed by atoms with Crippen molar-refractivity contribution in [3.05, 3.63) is 24.3 Å². The number of nitrogens with one attached hydrogen (secondary N) is 2. The number of para-hydroxylation sites is 1. The van der Waals surface area contributed by atoms with Crippen LogP contribution in [0.3, 0.4) is 0 Å². The highest BCUT2D eigenvalue weighted by molar-refractivity contribution is 8.01. The number of benzene rings is 1. The summed E-state index contributed by atoms with van der Waals surface area (Å²) in [7, 11) is 3.61. The molecule has 0 aromatic heterocycles. The van der Waals surface area contributed by atoms with E-state index in [2.05, 4.69) is 10.6 Å². The number of carbonyl (C=O) groups is 2. The van der Waals surface area contributed by atoms with Crippen molar-refractivity contribution in [2.75, 3.05) is 32.5 Å². The van der Waals surface area contributed by atoms with E-state index in [1.54, 1.807) is 11.9 Å². The van der Waals surface area contributed by atoms with Crippen molar-refractivity contribution < 1.29 is 9.59 Å². The van der Waals surface area contributed by atoms with E-state index >= 15 is 0 Å². The van der Waals surface area contributed by atoms with Gasteiger partial charge in [0.05, 0.1) is 10.9 Å². The van der Waals surface area contributed by atoms with Gasteiger partial charge in [0.25, 0.3) is 0 Å². The summed E-state index contributed by atoms with van der Waals surface area (Å²) in [6.45, 7) is 1.39. The lowest BCUT2D eigenvalue weighted by Crippen LogP contribution is -2.38. The number of amides is 2. The summed E-state index contributed by atoms with van der Waals surface area (Å²) in [5, 5.41) is 5.50. The van der Waals surface area contributed by atoms with Crippen LogP contribution in [0.2, 0.25) is 0 Å². The van der Waals surface area contributed by atoms with E-state index in [1.807, 2.05) is 31.3 Å². The van der Waals surface area contributed by atoms with Crippen LogP contribution in [0, 0.1) is 0 Å². The highest BCUT2D eigenvalue weighted by atomic mass is 32.2. The predicted octanol–water partition coefficient (Wildman–Crippen LogP) is 1.17. The lowest BCUT2D eigenvalue weighted by molar-refractivity contribution is -0.131. The van der Waals surface area contributed by atoms with Crippen molar-refractivity contribution in [1.29, 1.82) is 0 Å². The number of hydrogen-bond acceptors (Lipinski definition) is 4. The molecule has 0 saturated heterocycles. The van der Waals surface area contributed by atoms with E-state index in [9.17, 15) is 9.59 Å². The SMILES string of the molecule is CNCCN(C)C(=O)CC1Sc2ccccc2NC1=O. The third kappa shape index (κ3) is 3.52. The van der Waals surface area contributed by atoms with Crippen molar-refractivity contribution in [3.63, 3.8) is 0 Å². The first-order valence-electron chi connectivity index (χ1n) is 6.57. The van der Waals surface area contributed by atoms with Gasteiger partial charge < -0.3 is 15.5 Å².